The van der Waals surface area contributed by atoms with E-state index in [-0.39, 0.29) is 17.3 Å². The van der Waals surface area contributed by atoms with Crippen molar-refractivity contribution in [3.63, 3.8) is 0 Å². The van der Waals surface area contributed by atoms with Gasteiger partial charge in [-0.15, -0.1) is 0 Å². The number of halogens is 1. The largest absolute Gasteiger partial charge is 0.459 e. The quantitative estimate of drug-likeness (QED) is 0.435. The Labute approximate surface area is 98.6 Å². The highest BCUT2D eigenvalue weighted by Gasteiger charge is 2.16. The van der Waals surface area contributed by atoms with Gasteiger partial charge in [0.1, 0.15) is 0 Å². The molecule has 0 aliphatic heterocycles. The van der Waals surface area contributed by atoms with Gasteiger partial charge in [-0.2, -0.15) is 0 Å². The molecule has 0 heterocycles. The lowest BCUT2D eigenvalue weighted by molar-refractivity contribution is -0.154. The molecule has 0 aromatic carbocycles. The maximum atomic E-state index is 11.2. The number of ether oxygens (including phenoxy) is 1. The Bertz CT molecular complexity index is 348. The highest BCUT2D eigenvalue weighted by atomic mass is 35.5. The first kappa shape index (κ1) is 14.2. The molecule has 0 aliphatic rings. The van der Waals surface area contributed by atoms with Gasteiger partial charge >= 0.3 is 11.9 Å². The van der Waals surface area contributed by atoms with Gasteiger partial charge in [0.25, 0.3) is 0 Å². The van der Waals surface area contributed by atoms with Crippen molar-refractivity contribution in [2.75, 3.05) is 6.61 Å². The first-order chi connectivity index (χ1) is 7.56. The molecule has 5 nitrogen and oxygen atoms in total. The molecule has 0 rings (SSSR count). The molecule has 0 saturated carbocycles. The summed E-state index contributed by atoms with van der Waals surface area (Å²) in [5.41, 5.74) is 5.35. The maximum Gasteiger partial charge on any atom is 0.397 e. The first-order valence-electron chi connectivity index (χ1n) is 4.45. The average Bonchev–Trinajstić information content (AvgIpc) is 2.26. The van der Waals surface area contributed by atoms with E-state index in [1.165, 1.54) is 12.2 Å². The zero-order valence-corrected chi connectivity index (χ0v) is 9.58. The number of allylic oxidation sites excluding steroid dienone is 3. The van der Waals surface area contributed by atoms with Gasteiger partial charge in [0, 0.05) is 6.20 Å². The van der Waals surface area contributed by atoms with Gasteiger partial charge in [-0.05, 0) is 13.0 Å². The van der Waals surface area contributed by atoms with Crippen molar-refractivity contribution in [3.8, 4) is 0 Å². The molecule has 0 unspecified atom stereocenters. The molecule has 6 heteroatoms. The van der Waals surface area contributed by atoms with Crippen LogP contribution in [-0.2, 0) is 14.3 Å². The molecule has 0 atom stereocenters. The Morgan fingerprint density at radius 1 is 1.56 bits per heavy atom. The minimum absolute atomic E-state index is 0.111. The summed E-state index contributed by atoms with van der Waals surface area (Å²) in [4.78, 5) is 22.2. The van der Waals surface area contributed by atoms with Crippen LogP contribution < -0.4 is 11.1 Å². The average molecular weight is 245 g/mol. The molecule has 0 aromatic rings. The number of nitrogens with one attached hydrogen (secondary N) is 1. The highest BCUT2D eigenvalue weighted by molar-refractivity contribution is 6.35. The van der Waals surface area contributed by atoms with Crippen molar-refractivity contribution in [1.82, 2.24) is 5.32 Å². The van der Waals surface area contributed by atoms with Gasteiger partial charge in [-0.25, -0.2) is 4.79 Å². The Morgan fingerprint density at radius 3 is 2.62 bits per heavy atom. The van der Waals surface area contributed by atoms with Gasteiger partial charge in [0.2, 0.25) is 0 Å². The number of amides is 1. The van der Waals surface area contributed by atoms with Gasteiger partial charge in [0.05, 0.1) is 17.3 Å². The third-order valence-electron chi connectivity index (χ3n) is 1.40. The van der Waals surface area contributed by atoms with E-state index in [9.17, 15) is 9.59 Å². The number of nitrogens with two attached hydrogens (primary N) is 1. The van der Waals surface area contributed by atoms with E-state index in [1.54, 1.807) is 6.92 Å². The fraction of sp³-hybridized carbons (Fsp3) is 0.200. The van der Waals surface area contributed by atoms with Crippen LogP contribution in [0.3, 0.4) is 0 Å². The lowest BCUT2D eigenvalue weighted by Gasteiger charge is -2.06. The molecule has 0 spiro atoms. The number of rotatable bonds is 4. The number of hydrogen-bond donors (Lipinski definition) is 2. The Morgan fingerprint density at radius 2 is 2.19 bits per heavy atom. The van der Waals surface area contributed by atoms with Gasteiger partial charge in [-0.3, -0.25) is 4.79 Å². The van der Waals surface area contributed by atoms with Crippen LogP contribution >= 0.6 is 11.6 Å². The monoisotopic (exact) mass is 244 g/mol. The molecular formula is C10H13ClN2O3. The van der Waals surface area contributed by atoms with Crippen molar-refractivity contribution in [2.24, 2.45) is 5.73 Å². The second kappa shape index (κ2) is 7.53. The number of carbonyl (C=O) groups is 2. The molecule has 0 radical (unpaired) electrons. The van der Waals surface area contributed by atoms with E-state index < -0.39 is 11.9 Å². The standard InChI is InChI=1S/C10H13ClN2O3/c1-3-5-7(11)8(6-12)13-9(14)10(15)16-4-2/h3,5-6H,1,4,12H2,2H3,(H,13,14)/b7-5+,8-6+. The minimum Gasteiger partial charge on any atom is -0.459 e. The van der Waals surface area contributed by atoms with Crippen LogP contribution in [0.15, 0.2) is 35.7 Å². The van der Waals surface area contributed by atoms with E-state index in [4.69, 9.17) is 17.3 Å². The lowest BCUT2D eigenvalue weighted by Crippen LogP contribution is -2.32. The number of carbonyl (C=O) groups excluding carboxylic acids is 2. The zero-order valence-electron chi connectivity index (χ0n) is 8.83. The van der Waals surface area contributed by atoms with Crippen molar-refractivity contribution >= 4 is 23.5 Å². The molecule has 88 valence electrons. The van der Waals surface area contributed by atoms with Gasteiger partial charge in [-0.1, -0.05) is 24.3 Å². The van der Waals surface area contributed by atoms with Crippen LogP contribution in [0.4, 0.5) is 0 Å². The highest BCUT2D eigenvalue weighted by Crippen LogP contribution is 2.10. The molecule has 0 bridgehead atoms. The van der Waals surface area contributed by atoms with E-state index in [0.717, 1.165) is 6.20 Å². The predicted molar refractivity (Wildman–Crippen MR) is 61.2 cm³/mol. The van der Waals surface area contributed by atoms with Crippen LogP contribution in [0.5, 0.6) is 0 Å². The molecule has 3 N–H and O–H groups in total. The number of esters is 1. The van der Waals surface area contributed by atoms with Crippen LogP contribution in [0, 0.1) is 0 Å². The third kappa shape index (κ3) is 4.65. The van der Waals surface area contributed by atoms with Gasteiger partial charge in [0.15, 0.2) is 0 Å². The topological polar surface area (TPSA) is 81.4 Å². The van der Waals surface area contributed by atoms with E-state index in [1.807, 2.05) is 0 Å². The first-order valence-corrected chi connectivity index (χ1v) is 4.83. The summed E-state index contributed by atoms with van der Waals surface area (Å²) in [6, 6.07) is 0. The zero-order chi connectivity index (χ0) is 12.6. The fourth-order valence-corrected chi connectivity index (χ4v) is 0.944. The summed E-state index contributed by atoms with van der Waals surface area (Å²) in [6.45, 7) is 5.14. The summed E-state index contributed by atoms with van der Waals surface area (Å²) in [5, 5.41) is 2.37. The predicted octanol–water partition coefficient (Wildman–Crippen LogP) is 0.774. The fourth-order valence-electron chi connectivity index (χ4n) is 0.744. The smallest absolute Gasteiger partial charge is 0.397 e. The second-order valence-corrected chi connectivity index (χ2v) is 2.91. The SMILES string of the molecule is C=C/C=C(Cl)\C(=C/N)NC(=O)C(=O)OCC. The molecule has 0 aliphatic carbocycles. The van der Waals surface area contributed by atoms with Crippen molar-refractivity contribution in [3.05, 3.63) is 35.7 Å². The number of hydrogen-bond acceptors (Lipinski definition) is 4. The minimum atomic E-state index is -0.995. The molecule has 0 aromatic heterocycles. The molecule has 0 saturated heterocycles. The Hall–Kier alpha value is -1.75. The van der Waals surface area contributed by atoms with Crippen LogP contribution in [-0.4, -0.2) is 18.5 Å². The molecular weight excluding hydrogens is 232 g/mol. The molecule has 1 amide bonds. The molecule has 16 heavy (non-hydrogen) atoms. The summed E-state index contributed by atoms with van der Waals surface area (Å²) in [6.07, 6.45) is 3.91. The van der Waals surface area contributed by atoms with E-state index in [2.05, 4.69) is 16.6 Å². The van der Waals surface area contributed by atoms with Crippen molar-refractivity contribution in [1.29, 1.82) is 0 Å². The lowest BCUT2D eigenvalue weighted by atomic mass is 10.3. The van der Waals surface area contributed by atoms with Gasteiger partial charge < -0.3 is 15.8 Å². The van der Waals surface area contributed by atoms with E-state index >= 15 is 0 Å². The molecule has 0 fully saturated rings. The maximum absolute atomic E-state index is 11.2. The Kier molecular flexibility index (Phi) is 6.71. The summed E-state index contributed by atoms with van der Waals surface area (Å²) in [7, 11) is 0. The van der Waals surface area contributed by atoms with Crippen molar-refractivity contribution < 1.29 is 14.3 Å². The van der Waals surface area contributed by atoms with Crippen molar-refractivity contribution in [2.45, 2.75) is 6.92 Å². The van der Waals surface area contributed by atoms with Crippen LogP contribution in [0.1, 0.15) is 6.92 Å². The second-order valence-electron chi connectivity index (χ2n) is 2.51. The summed E-state index contributed by atoms with van der Waals surface area (Å²) < 4.78 is 4.49. The van der Waals surface area contributed by atoms with Crippen LogP contribution in [0.2, 0.25) is 0 Å². The van der Waals surface area contributed by atoms with E-state index in [0.29, 0.717) is 0 Å². The Balaban J connectivity index is 4.58. The van der Waals surface area contributed by atoms with Crippen LogP contribution in [0.25, 0.3) is 0 Å². The summed E-state index contributed by atoms with van der Waals surface area (Å²) in [5.74, 6) is -1.93. The third-order valence-corrected chi connectivity index (χ3v) is 1.73. The normalized spacial score (nSPS) is 11.9. The summed E-state index contributed by atoms with van der Waals surface area (Å²) >= 11 is 5.75.